The van der Waals surface area contributed by atoms with Gasteiger partial charge in [0.2, 0.25) is 11.6 Å². The van der Waals surface area contributed by atoms with Gasteiger partial charge >= 0.3 is 0 Å². The van der Waals surface area contributed by atoms with Crippen molar-refractivity contribution in [2.45, 2.75) is 41.5 Å². The minimum atomic E-state index is -0.717. The summed E-state index contributed by atoms with van der Waals surface area (Å²) in [6, 6.07) is 0. The van der Waals surface area contributed by atoms with Crippen LogP contribution in [-0.4, -0.2) is 26.3 Å². The summed E-state index contributed by atoms with van der Waals surface area (Å²) >= 11 is 0. The predicted molar refractivity (Wildman–Crippen MR) is 101 cm³/mol. The van der Waals surface area contributed by atoms with Gasteiger partial charge in [-0.15, -0.1) is 0 Å². The van der Waals surface area contributed by atoms with Crippen LogP contribution in [0.2, 0.25) is 0 Å². The summed E-state index contributed by atoms with van der Waals surface area (Å²) in [5.41, 5.74) is 6.34. The molecule has 0 bridgehead atoms. The molecule has 0 unspecified atom stereocenters. The Morgan fingerprint density at radius 1 is 0.731 bits per heavy atom. The molecule has 0 atom stereocenters. The van der Waals surface area contributed by atoms with Crippen molar-refractivity contribution in [3.8, 4) is 0 Å². The van der Waals surface area contributed by atoms with Crippen LogP contribution < -0.4 is 0 Å². The number of hydrogen-bond donors (Lipinski definition) is 2. The first-order valence-electron chi connectivity index (χ1n) is 8.50. The van der Waals surface area contributed by atoms with Crippen LogP contribution in [0.25, 0.3) is 16.5 Å². The number of carbonyl (C=O) groups excluding carboxylic acids is 2. The number of benzene rings is 1. The number of rotatable bonds is 1. The largest absolute Gasteiger partial charge is 0.504 e. The fraction of sp³-hybridized carbons (Fsp3) is 0.333. The predicted octanol–water partition coefficient (Wildman–Crippen LogP) is 3.97. The minimum absolute atomic E-state index is 0.119. The molecule has 5 nitrogen and oxygen atoms in total. The number of Topliss-reactive ketones (excluding diaryl/α,β-unsaturated/α-hetero) is 2. The van der Waals surface area contributed by atoms with E-state index in [1.807, 2.05) is 39.3 Å². The summed E-state index contributed by atoms with van der Waals surface area (Å²) in [5.74, 6) is -2.63. The van der Waals surface area contributed by atoms with Crippen molar-refractivity contribution >= 4 is 28.0 Å². The Morgan fingerprint density at radius 3 is 1.85 bits per heavy atom. The van der Waals surface area contributed by atoms with Crippen molar-refractivity contribution in [1.29, 1.82) is 0 Å². The maximum absolute atomic E-state index is 12.8. The van der Waals surface area contributed by atoms with Crippen LogP contribution in [0.15, 0.2) is 17.1 Å². The number of hydrogen-bond acceptors (Lipinski definition) is 4. The molecule has 1 heterocycles. The minimum Gasteiger partial charge on any atom is -0.504 e. The molecule has 5 heteroatoms. The van der Waals surface area contributed by atoms with E-state index in [9.17, 15) is 19.8 Å². The third-order valence-corrected chi connectivity index (χ3v) is 5.94. The zero-order valence-corrected chi connectivity index (χ0v) is 16.2. The van der Waals surface area contributed by atoms with Crippen LogP contribution in [0, 0.1) is 34.6 Å². The molecule has 1 aromatic heterocycles. The van der Waals surface area contributed by atoms with Gasteiger partial charge in [-0.25, -0.2) is 0 Å². The highest BCUT2D eigenvalue weighted by Gasteiger charge is 2.36. The second kappa shape index (κ2) is 5.59. The van der Waals surface area contributed by atoms with Gasteiger partial charge in [0.05, 0.1) is 11.1 Å². The number of aliphatic hydroxyl groups is 2. The third kappa shape index (κ3) is 2.03. The van der Waals surface area contributed by atoms with Crippen molar-refractivity contribution in [2.75, 3.05) is 0 Å². The van der Waals surface area contributed by atoms with Crippen LogP contribution >= 0.6 is 0 Å². The molecule has 0 aliphatic heterocycles. The second-order valence-corrected chi connectivity index (χ2v) is 7.10. The van der Waals surface area contributed by atoms with Crippen LogP contribution in [0.1, 0.15) is 40.4 Å². The zero-order valence-electron chi connectivity index (χ0n) is 16.2. The molecule has 2 aromatic rings. The Bertz CT molecular complexity index is 1090. The van der Waals surface area contributed by atoms with E-state index in [4.69, 9.17) is 0 Å². The standard InChI is InChI=1S/C21H23NO4/c1-8-9(2)11(4)17-14(10(8)3)15(13(6)22(17)7)16-20(25)18(23)12(5)19(24)21(16)26/h23,26H,1-7H3. The van der Waals surface area contributed by atoms with Gasteiger partial charge in [0.25, 0.3) is 0 Å². The molecule has 0 spiro atoms. The van der Waals surface area contributed by atoms with Gasteiger partial charge in [0.15, 0.2) is 11.5 Å². The number of fused-ring (bicyclic) bond motifs is 1. The van der Waals surface area contributed by atoms with E-state index in [2.05, 4.69) is 6.92 Å². The molecule has 136 valence electrons. The van der Waals surface area contributed by atoms with Crippen molar-refractivity contribution in [3.63, 3.8) is 0 Å². The average Bonchev–Trinajstić information content (AvgIpc) is 2.87. The van der Waals surface area contributed by atoms with E-state index in [0.29, 0.717) is 5.56 Å². The lowest BCUT2D eigenvalue weighted by atomic mass is 9.86. The fourth-order valence-electron chi connectivity index (χ4n) is 3.87. The molecule has 1 aliphatic carbocycles. The van der Waals surface area contributed by atoms with Gasteiger partial charge in [0, 0.05) is 29.3 Å². The summed E-state index contributed by atoms with van der Waals surface area (Å²) < 4.78 is 1.97. The fourth-order valence-corrected chi connectivity index (χ4v) is 3.87. The summed E-state index contributed by atoms with van der Waals surface area (Å²) in [7, 11) is 1.90. The molecule has 1 aliphatic rings. The van der Waals surface area contributed by atoms with E-state index in [1.54, 1.807) is 0 Å². The van der Waals surface area contributed by atoms with Crippen molar-refractivity contribution in [3.05, 3.63) is 50.6 Å². The Morgan fingerprint density at radius 2 is 1.27 bits per heavy atom. The Balaban J connectivity index is 2.54. The van der Waals surface area contributed by atoms with E-state index >= 15 is 0 Å². The lowest BCUT2D eigenvalue weighted by Gasteiger charge is -2.17. The monoisotopic (exact) mass is 353 g/mol. The van der Waals surface area contributed by atoms with Gasteiger partial charge in [0.1, 0.15) is 0 Å². The normalized spacial score (nSPS) is 15.7. The van der Waals surface area contributed by atoms with Crippen LogP contribution in [0.5, 0.6) is 0 Å². The summed E-state index contributed by atoms with van der Waals surface area (Å²) in [6.45, 7) is 11.3. The Kier molecular flexibility index (Phi) is 3.87. The van der Waals surface area contributed by atoms with Crippen LogP contribution in [0.3, 0.4) is 0 Å². The highest BCUT2D eigenvalue weighted by molar-refractivity contribution is 6.39. The van der Waals surface area contributed by atoms with Gasteiger partial charge in [-0.3, -0.25) is 9.59 Å². The molecule has 0 amide bonds. The number of aromatic nitrogens is 1. The molecule has 0 radical (unpaired) electrons. The Hall–Kier alpha value is -2.82. The number of allylic oxidation sites excluding steroid dienone is 2. The summed E-state index contributed by atoms with van der Waals surface area (Å²) in [5, 5.41) is 21.4. The highest BCUT2D eigenvalue weighted by atomic mass is 16.3. The average molecular weight is 353 g/mol. The van der Waals surface area contributed by atoms with Gasteiger partial charge in [-0.1, -0.05) is 0 Å². The second-order valence-electron chi connectivity index (χ2n) is 7.10. The van der Waals surface area contributed by atoms with Gasteiger partial charge in [-0.05, 0) is 63.8 Å². The van der Waals surface area contributed by atoms with Crippen molar-refractivity contribution < 1.29 is 19.8 Å². The first-order valence-corrected chi connectivity index (χ1v) is 8.50. The number of aryl methyl sites for hydroxylation is 3. The lowest BCUT2D eigenvalue weighted by Crippen LogP contribution is -2.22. The van der Waals surface area contributed by atoms with Gasteiger partial charge in [-0.2, -0.15) is 0 Å². The molecule has 0 saturated heterocycles. The topological polar surface area (TPSA) is 79.5 Å². The molecule has 1 aromatic carbocycles. The van der Waals surface area contributed by atoms with E-state index in [-0.39, 0.29) is 11.1 Å². The molecular formula is C21H23NO4. The maximum atomic E-state index is 12.8. The van der Waals surface area contributed by atoms with E-state index in [1.165, 1.54) is 12.5 Å². The molecule has 26 heavy (non-hydrogen) atoms. The number of ketones is 2. The zero-order chi connectivity index (χ0) is 19.7. The van der Waals surface area contributed by atoms with Crippen molar-refractivity contribution in [1.82, 2.24) is 4.57 Å². The van der Waals surface area contributed by atoms with Crippen LogP contribution in [-0.2, 0) is 16.6 Å². The summed E-state index contributed by atoms with van der Waals surface area (Å²) in [4.78, 5) is 25.1. The molecular weight excluding hydrogens is 330 g/mol. The molecule has 0 saturated carbocycles. The Labute approximate surface area is 152 Å². The lowest BCUT2D eigenvalue weighted by molar-refractivity contribution is -0.118. The van der Waals surface area contributed by atoms with Crippen LogP contribution in [0.4, 0.5) is 0 Å². The van der Waals surface area contributed by atoms with E-state index in [0.717, 1.165) is 33.3 Å². The first-order chi connectivity index (χ1) is 12.0. The number of carbonyl (C=O) groups is 2. The van der Waals surface area contributed by atoms with Gasteiger partial charge < -0.3 is 14.8 Å². The molecule has 2 N–H and O–H groups in total. The smallest absolute Gasteiger partial charge is 0.232 e. The maximum Gasteiger partial charge on any atom is 0.232 e. The highest BCUT2D eigenvalue weighted by Crippen LogP contribution is 2.41. The van der Waals surface area contributed by atoms with Crippen molar-refractivity contribution in [2.24, 2.45) is 7.05 Å². The third-order valence-electron chi connectivity index (χ3n) is 5.94. The molecule has 0 fully saturated rings. The SMILES string of the molecule is CC1=C(O)C(=O)C(c2c(C)n(C)c3c(C)c(C)c(C)c(C)c23)=C(O)C1=O. The molecule has 3 rings (SSSR count). The number of nitrogens with zero attached hydrogens (tertiary/aromatic N) is 1. The quantitative estimate of drug-likeness (QED) is 0.760. The summed E-state index contributed by atoms with van der Waals surface area (Å²) in [6.07, 6.45) is 0. The number of aliphatic hydroxyl groups excluding tert-OH is 2. The first kappa shape index (κ1) is 18.0. The van der Waals surface area contributed by atoms with E-state index < -0.39 is 23.1 Å².